The van der Waals surface area contributed by atoms with Gasteiger partial charge in [-0.3, -0.25) is 4.79 Å². The van der Waals surface area contributed by atoms with Gasteiger partial charge in [0.05, 0.1) is 11.8 Å². The van der Waals surface area contributed by atoms with Gasteiger partial charge in [-0.15, -0.1) is 16.4 Å². The normalized spacial score (nSPS) is 10.4. The first-order valence-electron chi connectivity index (χ1n) is 5.46. The van der Waals surface area contributed by atoms with Crippen molar-refractivity contribution in [2.24, 2.45) is 0 Å². The summed E-state index contributed by atoms with van der Waals surface area (Å²) in [6, 6.07) is 0. The Balaban J connectivity index is 2.17. The summed E-state index contributed by atoms with van der Waals surface area (Å²) in [6.07, 6.45) is 3.03. The fourth-order valence-corrected chi connectivity index (χ4v) is 2.67. The average Bonchev–Trinajstić information content (AvgIpc) is 2.88. The molecule has 2 N–H and O–H groups in total. The Bertz CT molecular complexity index is 618. The van der Waals surface area contributed by atoms with Crippen molar-refractivity contribution in [1.29, 1.82) is 0 Å². The molecule has 2 heterocycles. The van der Waals surface area contributed by atoms with E-state index in [9.17, 15) is 9.59 Å². The van der Waals surface area contributed by atoms with Crippen molar-refractivity contribution in [2.75, 3.05) is 5.32 Å². The van der Waals surface area contributed by atoms with Gasteiger partial charge in [0.25, 0.3) is 0 Å². The smallest absolute Gasteiger partial charge is 0.338 e. The maximum absolute atomic E-state index is 11.8. The lowest BCUT2D eigenvalue weighted by Crippen LogP contribution is -2.19. The van der Waals surface area contributed by atoms with Crippen LogP contribution < -0.4 is 5.32 Å². The number of hydrogen-bond donors (Lipinski definition) is 2. The molecule has 0 fully saturated rings. The summed E-state index contributed by atoms with van der Waals surface area (Å²) in [7, 11) is 0. The van der Waals surface area contributed by atoms with E-state index in [1.807, 2.05) is 6.92 Å². The summed E-state index contributed by atoms with van der Waals surface area (Å²) in [5, 5.41) is 19.4. The Morgan fingerprint density at radius 3 is 2.79 bits per heavy atom. The molecule has 0 bridgehead atoms. The van der Waals surface area contributed by atoms with Crippen molar-refractivity contribution < 1.29 is 14.7 Å². The highest BCUT2D eigenvalue weighted by Gasteiger charge is 2.20. The van der Waals surface area contributed by atoms with Gasteiger partial charge in [-0.05, 0) is 19.4 Å². The fourth-order valence-electron chi connectivity index (χ4n) is 1.60. The van der Waals surface area contributed by atoms with E-state index in [1.165, 1.54) is 22.2 Å². The number of rotatable bonds is 4. The van der Waals surface area contributed by atoms with Gasteiger partial charge in [0.2, 0.25) is 5.91 Å². The number of amides is 1. The molecule has 0 saturated carbocycles. The molecule has 8 heteroatoms. The molecule has 2 aromatic heterocycles. The van der Waals surface area contributed by atoms with Gasteiger partial charge < -0.3 is 10.4 Å². The number of carboxylic acid groups (broad SMARTS) is 1. The quantitative estimate of drug-likeness (QED) is 0.879. The van der Waals surface area contributed by atoms with Gasteiger partial charge in [-0.25, -0.2) is 9.48 Å². The zero-order chi connectivity index (χ0) is 14.0. The number of hydrogen-bond acceptors (Lipinski definition) is 5. The predicted octanol–water partition coefficient (Wildman–Crippen LogP) is 1.29. The SMILES string of the molecule is Cc1sc(NC(=O)Cn2ccnn2)c(C(=O)O)c1C. The third kappa shape index (κ3) is 2.79. The molecule has 7 nitrogen and oxygen atoms in total. The Kier molecular flexibility index (Phi) is 3.61. The number of carbonyl (C=O) groups is 2. The number of aromatic nitrogens is 3. The van der Waals surface area contributed by atoms with Crippen LogP contribution >= 0.6 is 11.3 Å². The maximum atomic E-state index is 11.8. The number of carbonyl (C=O) groups excluding carboxylic acids is 1. The van der Waals surface area contributed by atoms with Crippen molar-refractivity contribution in [2.45, 2.75) is 20.4 Å². The molecule has 100 valence electrons. The first-order valence-corrected chi connectivity index (χ1v) is 6.28. The predicted molar refractivity (Wildman–Crippen MR) is 69.4 cm³/mol. The molecule has 0 aliphatic rings. The summed E-state index contributed by atoms with van der Waals surface area (Å²) >= 11 is 1.25. The van der Waals surface area contributed by atoms with E-state index in [2.05, 4.69) is 15.6 Å². The first-order chi connectivity index (χ1) is 8.99. The van der Waals surface area contributed by atoms with Gasteiger partial charge >= 0.3 is 5.97 Å². The molecular formula is C11H12N4O3S. The van der Waals surface area contributed by atoms with E-state index >= 15 is 0 Å². The summed E-state index contributed by atoms with van der Waals surface area (Å²) in [4.78, 5) is 23.8. The number of carboxylic acids is 1. The molecule has 19 heavy (non-hydrogen) atoms. The van der Waals surface area contributed by atoms with Crippen LogP contribution in [0.25, 0.3) is 0 Å². The van der Waals surface area contributed by atoms with Gasteiger partial charge in [0, 0.05) is 11.1 Å². The van der Waals surface area contributed by atoms with Crippen molar-refractivity contribution in [3.63, 3.8) is 0 Å². The minimum absolute atomic E-state index is 0.00491. The summed E-state index contributed by atoms with van der Waals surface area (Å²) < 4.78 is 1.36. The van der Waals surface area contributed by atoms with Crippen LogP contribution in [0.5, 0.6) is 0 Å². The highest BCUT2D eigenvalue weighted by Crippen LogP contribution is 2.32. The molecular weight excluding hydrogens is 268 g/mol. The van der Waals surface area contributed by atoms with E-state index in [1.54, 1.807) is 13.1 Å². The minimum Gasteiger partial charge on any atom is -0.478 e. The molecule has 2 aromatic rings. The van der Waals surface area contributed by atoms with Crippen LogP contribution in [0.2, 0.25) is 0 Å². The lowest BCUT2D eigenvalue weighted by molar-refractivity contribution is -0.116. The standard InChI is InChI=1S/C11H12N4O3S/c1-6-7(2)19-10(9(6)11(17)18)13-8(16)5-15-4-3-12-14-15/h3-4H,5H2,1-2H3,(H,13,16)(H,17,18). The molecule has 0 saturated heterocycles. The molecule has 0 aromatic carbocycles. The van der Waals surface area contributed by atoms with E-state index in [0.717, 1.165) is 4.88 Å². The number of nitrogens with zero attached hydrogens (tertiary/aromatic N) is 3. The molecule has 0 unspecified atom stereocenters. The lowest BCUT2D eigenvalue weighted by atomic mass is 10.1. The Labute approximate surface area is 112 Å². The van der Waals surface area contributed by atoms with Crippen LogP contribution in [0.4, 0.5) is 5.00 Å². The number of aryl methyl sites for hydroxylation is 1. The number of aromatic carboxylic acids is 1. The van der Waals surface area contributed by atoms with E-state index in [4.69, 9.17) is 5.11 Å². The highest BCUT2D eigenvalue weighted by molar-refractivity contribution is 7.16. The van der Waals surface area contributed by atoms with Gasteiger partial charge in [0.15, 0.2) is 0 Å². The van der Waals surface area contributed by atoms with Crippen LogP contribution in [0.3, 0.4) is 0 Å². The third-order valence-electron chi connectivity index (χ3n) is 2.63. The summed E-state index contributed by atoms with van der Waals surface area (Å²) in [5.74, 6) is -1.38. The van der Waals surface area contributed by atoms with E-state index < -0.39 is 5.97 Å². The molecule has 0 atom stereocenters. The second-order valence-electron chi connectivity index (χ2n) is 3.94. The zero-order valence-corrected chi connectivity index (χ0v) is 11.2. The number of thiophene rings is 1. The molecule has 0 radical (unpaired) electrons. The highest BCUT2D eigenvalue weighted by atomic mass is 32.1. The van der Waals surface area contributed by atoms with Crippen LogP contribution in [-0.2, 0) is 11.3 Å². The van der Waals surface area contributed by atoms with Crippen molar-refractivity contribution in [3.8, 4) is 0 Å². The fraction of sp³-hybridized carbons (Fsp3) is 0.273. The Morgan fingerprint density at radius 2 is 2.21 bits per heavy atom. The maximum Gasteiger partial charge on any atom is 0.338 e. The van der Waals surface area contributed by atoms with Crippen LogP contribution in [0.15, 0.2) is 12.4 Å². The van der Waals surface area contributed by atoms with E-state index in [0.29, 0.717) is 10.6 Å². The minimum atomic E-state index is -1.04. The Morgan fingerprint density at radius 1 is 1.47 bits per heavy atom. The van der Waals surface area contributed by atoms with Gasteiger partial charge in [-0.1, -0.05) is 5.21 Å². The topological polar surface area (TPSA) is 97.1 Å². The van der Waals surface area contributed by atoms with Crippen molar-refractivity contribution >= 4 is 28.2 Å². The molecule has 1 amide bonds. The summed E-state index contributed by atoms with van der Waals surface area (Å²) in [6.45, 7) is 3.54. The van der Waals surface area contributed by atoms with Gasteiger partial charge in [-0.2, -0.15) is 0 Å². The Hall–Kier alpha value is -2.22. The summed E-state index contributed by atoms with van der Waals surface area (Å²) in [5.41, 5.74) is 0.822. The third-order valence-corrected chi connectivity index (χ3v) is 3.75. The largest absolute Gasteiger partial charge is 0.478 e. The van der Waals surface area contributed by atoms with E-state index in [-0.39, 0.29) is 18.0 Å². The average molecular weight is 280 g/mol. The second-order valence-corrected chi connectivity index (χ2v) is 5.17. The molecule has 0 aliphatic carbocycles. The molecule has 2 rings (SSSR count). The van der Waals surface area contributed by atoms with Crippen molar-refractivity contribution in [3.05, 3.63) is 28.4 Å². The monoisotopic (exact) mass is 280 g/mol. The van der Waals surface area contributed by atoms with Crippen molar-refractivity contribution in [1.82, 2.24) is 15.0 Å². The van der Waals surface area contributed by atoms with Crippen LogP contribution in [0, 0.1) is 13.8 Å². The second kappa shape index (κ2) is 5.19. The van der Waals surface area contributed by atoms with Gasteiger partial charge in [0.1, 0.15) is 11.5 Å². The first kappa shape index (κ1) is 13.2. The molecule has 0 aliphatic heterocycles. The number of nitrogens with one attached hydrogen (secondary N) is 1. The zero-order valence-electron chi connectivity index (χ0n) is 10.4. The number of anilines is 1. The van der Waals surface area contributed by atoms with Crippen LogP contribution in [0.1, 0.15) is 20.8 Å². The molecule has 0 spiro atoms. The lowest BCUT2D eigenvalue weighted by Gasteiger charge is -2.04. The van der Waals surface area contributed by atoms with Crippen LogP contribution in [-0.4, -0.2) is 32.0 Å².